The maximum Gasteiger partial charge on any atom is 0.237 e. The Morgan fingerprint density at radius 3 is 2.58 bits per heavy atom. The number of nitrogens with zero attached hydrogens (tertiary/aromatic N) is 3. The predicted molar refractivity (Wildman–Crippen MR) is 124 cm³/mol. The molecule has 0 aliphatic rings. The Morgan fingerprint density at radius 2 is 1.90 bits per heavy atom. The molecule has 0 aliphatic heterocycles. The normalized spacial score (nSPS) is 11.8. The Balaban J connectivity index is 1.81. The van der Waals surface area contributed by atoms with Crippen molar-refractivity contribution in [1.29, 1.82) is 0 Å². The number of carbonyl (C=O) groups excluding carboxylic acids is 1. The molecule has 164 valence electrons. The second-order valence-electron chi connectivity index (χ2n) is 6.80. The van der Waals surface area contributed by atoms with Crippen molar-refractivity contribution in [2.24, 2.45) is 0 Å². The molecule has 3 aromatic rings. The highest BCUT2D eigenvalue weighted by Crippen LogP contribution is 2.34. The second-order valence-corrected chi connectivity index (χ2v) is 8.52. The lowest BCUT2D eigenvalue weighted by Gasteiger charge is -2.16. The molecular weight excluding hydrogens is 436 g/mol. The summed E-state index contributed by atoms with van der Waals surface area (Å²) in [6, 6.07) is 11.1. The van der Waals surface area contributed by atoms with E-state index in [4.69, 9.17) is 21.1 Å². The molecule has 1 atom stereocenters. The van der Waals surface area contributed by atoms with Crippen molar-refractivity contribution in [2.45, 2.75) is 37.7 Å². The first-order chi connectivity index (χ1) is 14.9. The maximum atomic E-state index is 12.9. The summed E-state index contributed by atoms with van der Waals surface area (Å²) in [5, 5.41) is 12.4. The number of benzene rings is 2. The van der Waals surface area contributed by atoms with Crippen LogP contribution in [0.25, 0.3) is 11.4 Å². The minimum atomic E-state index is -0.416. The van der Waals surface area contributed by atoms with Gasteiger partial charge in [0.2, 0.25) is 5.91 Å². The number of ether oxygens (including phenoxy) is 2. The van der Waals surface area contributed by atoms with E-state index in [2.05, 4.69) is 15.5 Å². The third-order valence-corrected chi connectivity index (χ3v) is 6.26. The van der Waals surface area contributed by atoms with E-state index in [0.29, 0.717) is 34.0 Å². The van der Waals surface area contributed by atoms with Crippen LogP contribution in [-0.4, -0.2) is 40.1 Å². The molecule has 0 saturated heterocycles. The molecule has 3 rings (SSSR count). The highest BCUT2D eigenvalue weighted by Gasteiger charge is 2.22. The van der Waals surface area contributed by atoms with Crippen molar-refractivity contribution >= 4 is 35.0 Å². The number of hydrogen-bond donors (Lipinski definition) is 1. The van der Waals surface area contributed by atoms with Crippen LogP contribution in [0.5, 0.6) is 11.5 Å². The molecule has 2 aromatic carbocycles. The molecule has 1 N–H and O–H groups in total. The third kappa shape index (κ3) is 4.97. The van der Waals surface area contributed by atoms with Gasteiger partial charge in [-0.1, -0.05) is 35.5 Å². The Kier molecular flexibility index (Phi) is 7.46. The number of halogens is 1. The van der Waals surface area contributed by atoms with Gasteiger partial charge in [-0.2, -0.15) is 0 Å². The van der Waals surface area contributed by atoms with E-state index in [1.165, 1.54) is 18.9 Å². The van der Waals surface area contributed by atoms with Crippen molar-refractivity contribution in [3.63, 3.8) is 0 Å². The number of aromatic nitrogens is 3. The van der Waals surface area contributed by atoms with Gasteiger partial charge in [-0.25, -0.2) is 0 Å². The number of para-hydroxylation sites is 1. The molecule has 31 heavy (non-hydrogen) atoms. The van der Waals surface area contributed by atoms with Crippen LogP contribution in [0.3, 0.4) is 0 Å². The van der Waals surface area contributed by atoms with Crippen LogP contribution >= 0.6 is 23.4 Å². The Labute approximate surface area is 191 Å². The van der Waals surface area contributed by atoms with Gasteiger partial charge in [0, 0.05) is 17.6 Å². The summed E-state index contributed by atoms with van der Waals surface area (Å²) in [6.07, 6.45) is 0. The summed E-state index contributed by atoms with van der Waals surface area (Å²) in [7, 11) is 3.16. The first kappa shape index (κ1) is 23.0. The zero-order valence-electron chi connectivity index (χ0n) is 18.1. The van der Waals surface area contributed by atoms with Gasteiger partial charge >= 0.3 is 0 Å². The standard InChI is InChI=1S/C22H25ClN4O3S/c1-6-27-20(15-9-7-8-10-18(15)29-4)25-26-22(27)31-14(3)21(28)24-17-11-13(2)16(23)12-19(17)30-5/h7-12,14H,6H2,1-5H3,(H,24,28). The van der Waals surface area contributed by atoms with Gasteiger partial charge in [-0.3, -0.25) is 4.79 Å². The zero-order chi connectivity index (χ0) is 22.5. The molecule has 1 aromatic heterocycles. The summed E-state index contributed by atoms with van der Waals surface area (Å²) in [5.74, 6) is 1.76. The van der Waals surface area contributed by atoms with Crippen LogP contribution in [0.4, 0.5) is 5.69 Å². The van der Waals surface area contributed by atoms with Crippen molar-refractivity contribution in [3.8, 4) is 22.9 Å². The van der Waals surface area contributed by atoms with E-state index >= 15 is 0 Å². The van der Waals surface area contributed by atoms with Crippen LogP contribution in [-0.2, 0) is 11.3 Å². The Hall–Kier alpha value is -2.71. The van der Waals surface area contributed by atoms with E-state index in [9.17, 15) is 4.79 Å². The molecular formula is C22H25ClN4O3S. The second kappa shape index (κ2) is 10.1. The monoisotopic (exact) mass is 460 g/mol. The van der Waals surface area contributed by atoms with E-state index < -0.39 is 5.25 Å². The van der Waals surface area contributed by atoms with Gasteiger partial charge in [-0.15, -0.1) is 10.2 Å². The number of methoxy groups -OCH3 is 2. The number of aryl methyl sites for hydroxylation is 1. The average molecular weight is 461 g/mol. The van der Waals surface area contributed by atoms with Crippen LogP contribution < -0.4 is 14.8 Å². The Morgan fingerprint density at radius 1 is 1.19 bits per heavy atom. The summed E-state index contributed by atoms with van der Waals surface area (Å²) in [5.41, 5.74) is 2.28. The van der Waals surface area contributed by atoms with E-state index in [0.717, 1.165) is 16.9 Å². The number of hydrogen-bond acceptors (Lipinski definition) is 6. The fraction of sp³-hybridized carbons (Fsp3) is 0.318. The van der Waals surface area contributed by atoms with Gasteiger partial charge in [0.25, 0.3) is 0 Å². The van der Waals surface area contributed by atoms with Gasteiger partial charge in [0.05, 0.1) is 30.7 Å². The number of anilines is 1. The predicted octanol–water partition coefficient (Wildman–Crippen LogP) is 5.06. The number of carbonyl (C=O) groups is 1. The lowest BCUT2D eigenvalue weighted by atomic mass is 10.2. The number of thioether (sulfide) groups is 1. The van der Waals surface area contributed by atoms with E-state index in [1.54, 1.807) is 19.2 Å². The average Bonchev–Trinajstić information content (AvgIpc) is 3.18. The molecule has 1 unspecified atom stereocenters. The highest BCUT2D eigenvalue weighted by atomic mass is 35.5. The molecule has 9 heteroatoms. The molecule has 0 radical (unpaired) electrons. The topological polar surface area (TPSA) is 78.3 Å². The molecule has 0 aliphatic carbocycles. The van der Waals surface area contributed by atoms with Crippen LogP contribution in [0.15, 0.2) is 41.6 Å². The quantitative estimate of drug-likeness (QED) is 0.473. The van der Waals surface area contributed by atoms with Crippen molar-refractivity contribution in [2.75, 3.05) is 19.5 Å². The first-order valence-electron chi connectivity index (χ1n) is 9.77. The molecule has 0 bridgehead atoms. The minimum absolute atomic E-state index is 0.172. The van der Waals surface area contributed by atoms with Crippen LogP contribution in [0.2, 0.25) is 5.02 Å². The summed E-state index contributed by atoms with van der Waals surface area (Å²) >= 11 is 7.50. The molecule has 7 nitrogen and oxygen atoms in total. The minimum Gasteiger partial charge on any atom is -0.496 e. The van der Waals surface area contributed by atoms with Gasteiger partial charge in [0.15, 0.2) is 11.0 Å². The van der Waals surface area contributed by atoms with Crippen LogP contribution in [0.1, 0.15) is 19.4 Å². The van der Waals surface area contributed by atoms with Crippen molar-refractivity contribution < 1.29 is 14.3 Å². The molecule has 1 amide bonds. The van der Waals surface area contributed by atoms with Crippen molar-refractivity contribution in [3.05, 3.63) is 47.0 Å². The van der Waals surface area contributed by atoms with Gasteiger partial charge < -0.3 is 19.4 Å². The maximum absolute atomic E-state index is 12.9. The fourth-order valence-electron chi connectivity index (χ4n) is 3.07. The molecule has 0 spiro atoms. The van der Waals surface area contributed by atoms with Crippen molar-refractivity contribution in [1.82, 2.24) is 14.8 Å². The summed E-state index contributed by atoms with van der Waals surface area (Å²) < 4.78 is 12.8. The van der Waals surface area contributed by atoms with E-state index in [-0.39, 0.29) is 5.91 Å². The SMILES string of the molecule is CCn1c(SC(C)C(=O)Nc2cc(C)c(Cl)cc2OC)nnc1-c1ccccc1OC. The van der Waals surface area contributed by atoms with E-state index in [1.807, 2.05) is 49.6 Å². The summed E-state index contributed by atoms with van der Waals surface area (Å²) in [4.78, 5) is 12.9. The molecule has 0 fully saturated rings. The number of rotatable bonds is 8. The molecule has 0 saturated carbocycles. The van der Waals surface area contributed by atoms with Gasteiger partial charge in [0.1, 0.15) is 11.5 Å². The number of nitrogens with one attached hydrogen (secondary N) is 1. The lowest BCUT2D eigenvalue weighted by molar-refractivity contribution is -0.115. The third-order valence-electron chi connectivity index (χ3n) is 4.77. The van der Waals surface area contributed by atoms with Crippen LogP contribution in [0, 0.1) is 6.92 Å². The fourth-order valence-corrected chi connectivity index (χ4v) is 4.13. The number of amides is 1. The molecule has 1 heterocycles. The smallest absolute Gasteiger partial charge is 0.237 e. The largest absolute Gasteiger partial charge is 0.496 e. The van der Waals surface area contributed by atoms with Gasteiger partial charge in [-0.05, 0) is 44.5 Å². The zero-order valence-corrected chi connectivity index (χ0v) is 19.7. The lowest BCUT2D eigenvalue weighted by Crippen LogP contribution is -2.23. The highest BCUT2D eigenvalue weighted by molar-refractivity contribution is 8.00. The summed E-state index contributed by atoms with van der Waals surface area (Å²) in [6.45, 7) is 6.37. The first-order valence-corrected chi connectivity index (χ1v) is 11.0. The Bertz CT molecular complexity index is 1090.